The summed E-state index contributed by atoms with van der Waals surface area (Å²) in [5.41, 5.74) is 10.6. The van der Waals surface area contributed by atoms with Crippen molar-refractivity contribution in [3.63, 3.8) is 0 Å². The Hall–Kier alpha value is -5.34. The van der Waals surface area contributed by atoms with Crippen molar-refractivity contribution in [1.82, 2.24) is 0 Å². The van der Waals surface area contributed by atoms with Gasteiger partial charge in [0.05, 0.1) is 0 Å². The number of rotatable bonds is 3. The van der Waals surface area contributed by atoms with Crippen molar-refractivity contribution in [3.05, 3.63) is 151 Å². The van der Waals surface area contributed by atoms with E-state index in [9.17, 15) is 0 Å². The number of hydrogen-bond donors (Lipinski definition) is 0. The van der Waals surface area contributed by atoms with E-state index in [1.807, 2.05) is 12.1 Å². The lowest BCUT2D eigenvalue weighted by Crippen LogP contribution is -2.43. The zero-order valence-electron chi connectivity index (χ0n) is 26.6. The van der Waals surface area contributed by atoms with Crippen LogP contribution in [0.2, 0.25) is 0 Å². The predicted molar refractivity (Wildman–Crippen MR) is 195 cm³/mol. The zero-order valence-corrected chi connectivity index (χ0v) is 26.6. The van der Waals surface area contributed by atoms with Crippen LogP contribution in [-0.2, 0) is 10.8 Å². The minimum absolute atomic E-state index is 0.0353. The Morgan fingerprint density at radius 2 is 1.11 bits per heavy atom. The summed E-state index contributed by atoms with van der Waals surface area (Å²) in [5, 5.41) is 7.46. The van der Waals surface area contributed by atoms with Crippen molar-refractivity contribution in [1.29, 1.82) is 0 Å². The molecule has 0 N–H and O–H groups in total. The van der Waals surface area contributed by atoms with Gasteiger partial charge >= 0.3 is 0 Å². The third-order valence-corrected chi connectivity index (χ3v) is 11.0. The number of nitrogens with zero attached hydrogens (tertiary/aromatic N) is 1. The van der Waals surface area contributed by atoms with E-state index in [0.717, 1.165) is 39.0 Å². The van der Waals surface area contributed by atoms with Crippen LogP contribution in [0, 0.1) is 0 Å². The molecule has 9 rings (SSSR count). The lowest BCUT2D eigenvalue weighted by molar-refractivity contribution is 0.301. The first-order valence-corrected chi connectivity index (χ1v) is 16.2. The van der Waals surface area contributed by atoms with Crippen LogP contribution in [0.4, 0.5) is 17.1 Å². The Labute approximate surface area is 269 Å². The highest BCUT2D eigenvalue weighted by Gasteiger charge is 2.46. The first kappa shape index (κ1) is 27.0. The highest BCUT2D eigenvalue weighted by atomic mass is 16.3. The number of para-hydroxylation sites is 2. The van der Waals surface area contributed by atoms with E-state index in [1.165, 1.54) is 43.8 Å². The van der Waals surface area contributed by atoms with Crippen molar-refractivity contribution >= 4 is 60.5 Å². The minimum Gasteiger partial charge on any atom is -0.456 e. The summed E-state index contributed by atoms with van der Waals surface area (Å²) < 4.78 is 6.32. The third kappa shape index (κ3) is 3.70. The molecule has 0 saturated carbocycles. The normalized spacial score (nSPS) is 14.9. The van der Waals surface area contributed by atoms with Crippen molar-refractivity contribution in [2.75, 3.05) is 4.90 Å². The molecular weight excluding hydrogens is 558 g/mol. The monoisotopic (exact) mass is 593 g/mol. The number of furan rings is 1. The van der Waals surface area contributed by atoms with Crippen LogP contribution in [-0.4, -0.2) is 0 Å². The number of fused-ring (bicyclic) bond motifs is 10. The summed E-state index contributed by atoms with van der Waals surface area (Å²) in [7, 11) is 0. The molecule has 1 aromatic heterocycles. The van der Waals surface area contributed by atoms with Gasteiger partial charge in [-0.15, -0.1) is 0 Å². The van der Waals surface area contributed by atoms with Gasteiger partial charge in [0.25, 0.3) is 0 Å². The quantitative estimate of drug-likeness (QED) is 0.189. The van der Waals surface area contributed by atoms with Gasteiger partial charge in [-0.05, 0) is 91.7 Å². The topological polar surface area (TPSA) is 16.4 Å². The van der Waals surface area contributed by atoms with Crippen LogP contribution in [0.3, 0.4) is 0 Å². The van der Waals surface area contributed by atoms with Crippen LogP contribution in [0.5, 0.6) is 0 Å². The molecule has 2 heteroatoms. The molecule has 7 aromatic carbocycles. The fourth-order valence-corrected chi connectivity index (χ4v) is 7.95. The van der Waals surface area contributed by atoms with Crippen molar-refractivity contribution in [2.45, 2.75) is 38.5 Å². The first-order chi connectivity index (χ1) is 22.3. The molecular formula is C44H35NO. The smallest absolute Gasteiger partial charge is 0.137 e. The van der Waals surface area contributed by atoms with E-state index < -0.39 is 0 Å². The maximum absolute atomic E-state index is 6.32. The van der Waals surface area contributed by atoms with Crippen LogP contribution >= 0.6 is 0 Å². The second-order valence-electron chi connectivity index (χ2n) is 13.8. The van der Waals surface area contributed by atoms with E-state index in [-0.39, 0.29) is 10.8 Å². The second kappa shape index (κ2) is 9.58. The van der Waals surface area contributed by atoms with E-state index in [0.29, 0.717) is 0 Å². The fourth-order valence-electron chi connectivity index (χ4n) is 7.95. The Bertz CT molecular complexity index is 2480. The maximum atomic E-state index is 6.32. The molecule has 0 amide bonds. The van der Waals surface area contributed by atoms with Crippen LogP contribution in [0.15, 0.2) is 144 Å². The van der Waals surface area contributed by atoms with Crippen molar-refractivity contribution in [3.8, 4) is 11.1 Å². The van der Waals surface area contributed by atoms with Gasteiger partial charge < -0.3 is 9.32 Å². The van der Waals surface area contributed by atoms with Gasteiger partial charge in [0.2, 0.25) is 0 Å². The van der Waals surface area contributed by atoms with Gasteiger partial charge in [-0.1, -0.05) is 119 Å². The van der Waals surface area contributed by atoms with Gasteiger partial charge in [0, 0.05) is 39.3 Å². The maximum Gasteiger partial charge on any atom is 0.137 e. The van der Waals surface area contributed by atoms with Gasteiger partial charge in [-0.3, -0.25) is 0 Å². The summed E-state index contributed by atoms with van der Waals surface area (Å²) in [6, 6.07) is 50.7. The average molecular weight is 594 g/mol. The fraction of sp³-hybridized carbons (Fsp3) is 0.136. The Morgan fingerprint density at radius 3 is 1.96 bits per heavy atom. The molecule has 1 heterocycles. The van der Waals surface area contributed by atoms with Crippen molar-refractivity contribution in [2.24, 2.45) is 0 Å². The van der Waals surface area contributed by atoms with Gasteiger partial charge in [-0.25, -0.2) is 0 Å². The molecule has 0 bridgehead atoms. The average Bonchev–Trinajstić information content (AvgIpc) is 3.45. The highest BCUT2D eigenvalue weighted by Crippen LogP contribution is 2.56. The molecule has 222 valence electrons. The number of anilines is 3. The Morgan fingerprint density at radius 1 is 0.457 bits per heavy atom. The Balaban J connectivity index is 1.27. The van der Waals surface area contributed by atoms with Crippen molar-refractivity contribution < 1.29 is 4.42 Å². The molecule has 1 aliphatic carbocycles. The second-order valence-corrected chi connectivity index (χ2v) is 13.8. The molecule has 0 atom stereocenters. The summed E-state index contributed by atoms with van der Waals surface area (Å²) in [6.07, 6.45) is 0. The molecule has 0 spiro atoms. The van der Waals surface area contributed by atoms with Crippen LogP contribution < -0.4 is 4.90 Å². The van der Waals surface area contributed by atoms with E-state index in [1.54, 1.807) is 0 Å². The molecule has 8 aromatic rings. The van der Waals surface area contributed by atoms with E-state index >= 15 is 0 Å². The van der Waals surface area contributed by atoms with E-state index in [2.05, 4.69) is 160 Å². The van der Waals surface area contributed by atoms with Gasteiger partial charge in [0.1, 0.15) is 11.2 Å². The SMILES string of the molecule is CC1(C)c2ccccc2-c2ccc3ccc4cc(N(c5ccccc5)c5ccc6c(c5)oc5ccccc56)ccc4c3c2C1(C)C. The van der Waals surface area contributed by atoms with Crippen LogP contribution in [0.25, 0.3) is 54.6 Å². The number of benzene rings is 7. The molecule has 0 unspecified atom stereocenters. The van der Waals surface area contributed by atoms with Crippen LogP contribution in [0.1, 0.15) is 38.8 Å². The largest absolute Gasteiger partial charge is 0.456 e. The number of hydrogen-bond acceptors (Lipinski definition) is 2. The molecule has 0 fully saturated rings. The standard InChI is InChI=1S/C44H35NO/c1-43(2)38-16-10-8-14-34(38)37-23-20-28-18-19-29-26-31(21-24-33(29)41(28)42(37)44(43,3)4)45(30-12-6-5-7-13-30)32-22-25-36-35-15-9-11-17-39(35)46-40(36)27-32/h5-27H,1-4H3. The molecule has 1 aliphatic rings. The highest BCUT2D eigenvalue weighted by molar-refractivity contribution is 6.13. The molecule has 46 heavy (non-hydrogen) atoms. The van der Waals surface area contributed by atoms with E-state index in [4.69, 9.17) is 4.42 Å². The lowest BCUT2D eigenvalue weighted by Gasteiger charge is -2.49. The third-order valence-electron chi connectivity index (χ3n) is 11.0. The molecule has 2 nitrogen and oxygen atoms in total. The van der Waals surface area contributed by atoms with Gasteiger partial charge in [0.15, 0.2) is 0 Å². The summed E-state index contributed by atoms with van der Waals surface area (Å²) in [4.78, 5) is 2.33. The zero-order chi connectivity index (χ0) is 31.2. The summed E-state index contributed by atoms with van der Waals surface area (Å²) >= 11 is 0. The Kier molecular flexibility index (Phi) is 5.63. The van der Waals surface area contributed by atoms with Gasteiger partial charge in [-0.2, -0.15) is 0 Å². The minimum atomic E-state index is -0.0821. The summed E-state index contributed by atoms with van der Waals surface area (Å²) in [6.45, 7) is 9.68. The first-order valence-electron chi connectivity index (χ1n) is 16.2. The molecule has 0 saturated heterocycles. The molecule has 0 radical (unpaired) electrons. The lowest BCUT2D eigenvalue weighted by atomic mass is 9.54. The predicted octanol–water partition coefficient (Wildman–Crippen LogP) is 12.6. The molecule has 0 aliphatic heterocycles. The summed E-state index contributed by atoms with van der Waals surface area (Å²) in [5.74, 6) is 0.